The molecule has 0 bridgehead atoms. The molecule has 0 aliphatic heterocycles. The second kappa shape index (κ2) is 13.9. The van der Waals surface area contributed by atoms with Crippen molar-refractivity contribution in [2.75, 3.05) is 10.8 Å². The molecule has 224 valence electrons. The van der Waals surface area contributed by atoms with Gasteiger partial charge in [-0.25, -0.2) is 8.42 Å². The number of sulfonamides is 1. The maximum absolute atomic E-state index is 14.2. The van der Waals surface area contributed by atoms with Crippen LogP contribution in [0.15, 0.2) is 71.6 Å². The first-order valence-electron chi connectivity index (χ1n) is 14.2. The number of carbonyl (C=O) groups is 2. The molecule has 1 aliphatic carbocycles. The summed E-state index contributed by atoms with van der Waals surface area (Å²) in [4.78, 5) is 29.3. The SMILES string of the molecule is CC[C@H](C(=O)NC1CCCC1)N(Cc1ccc(Cl)cc1)C(=O)CN(c1ccc(C)c(Cl)c1)S(=O)(=O)c1ccc(C)cc1. The standard InChI is InChI=1S/C32H37Cl2N3O4S/c1-4-30(32(39)35-26-7-5-6-8-26)36(20-24-12-14-25(33)15-13-24)31(38)21-37(27-16-11-23(3)29(34)19-27)42(40,41)28-17-9-22(2)10-18-28/h9-19,26,30H,4-8,20-21H2,1-3H3,(H,35,39)/t30-/m1/s1. The van der Waals surface area contributed by atoms with Crippen molar-refractivity contribution in [1.29, 1.82) is 0 Å². The number of hydrogen-bond donors (Lipinski definition) is 1. The summed E-state index contributed by atoms with van der Waals surface area (Å²) >= 11 is 12.5. The molecule has 4 rings (SSSR count). The van der Waals surface area contributed by atoms with Gasteiger partial charge in [0.1, 0.15) is 12.6 Å². The monoisotopic (exact) mass is 629 g/mol. The number of benzene rings is 3. The molecule has 0 saturated heterocycles. The summed E-state index contributed by atoms with van der Waals surface area (Å²) < 4.78 is 29.1. The Morgan fingerprint density at radius 3 is 2.19 bits per heavy atom. The van der Waals surface area contributed by atoms with E-state index in [0.717, 1.165) is 46.7 Å². The molecular formula is C32H37Cl2N3O4S. The van der Waals surface area contributed by atoms with E-state index in [1.165, 1.54) is 17.0 Å². The fourth-order valence-electron chi connectivity index (χ4n) is 5.18. The van der Waals surface area contributed by atoms with Crippen LogP contribution >= 0.6 is 23.2 Å². The summed E-state index contributed by atoms with van der Waals surface area (Å²) in [5.41, 5.74) is 2.71. The minimum Gasteiger partial charge on any atom is -0.352 e. The Bertz CT molecular complexity index is 1510. The first kappa shape index (κ1) is 31.9. The Hall–Kier alpha value is -3.07. The van der Waals surface area contributed by atoms with Gasteiger partial charge in [0.05, 0.1) is 10.6 Å². The lowest BCUT2D eigenvalue weighted by molar-refractivity contribution is -0.140. The van der Waals surface area contributed by atoms with Crippen LogP contribution in [-0.2, 0) is 26.2 Å². The molecule has 0 aromatic heterocycles. The summed E-state index contributed by atoms with van der Waals surface area (Å²) in [5, 5.41) is 4.05. The highest BCUT2D eigenvalue weighted by atomic mass is 35.5. The lowest BCUT2D eigenvalue weighted by Crippen LogP contribution is -2.53. The van der Waals surface area contributed by atoms with Gasteiger partial charge in [-0.1, -0.05) is 78.9 Å². The Morgan fingerprint density at radius 2 is 1.60 bits per heavy atom. The van der Waals surface area contributed by atoms with Crippen LogP contribution in [0.3, 0.4) is 0 Å². The molecule has 2 amide bonds. The number of anilines is 1. The van der Waals surface area contributed by atoms with Crippen LogP contribution in [0.25, 0.3) is 0 Å². The molecule has 7 nitrogen and oxygen atoms in total. The minimum absolute atomic E-state index is 0.0490. The van der Waals surface area contributed by atoms with Gasteiger partial charge in [-0.15, -0.1) is 0 Å². The zero-order chi connectivity index (χ0) is 30.4. The number of aryl methyl sites for hydroxylation is 2. The van der Waals surface area contributed by atoms with Crippen molar-refractivity contribution < 1.29 is 18.0 Å². The van der Waals surface area contributed by atoms with Crippen LogP contribution in [0.5, 0.6) is 0 Å². The molecule has 1 fully saturated rings. The lowest BCUT2D eigenvalue weighted by Gasteiger charge is -2.34. The summed E-state index contributed by atoms with van der Waals surface area (Å²) in [5.74, 6) is -0.746. The molecule has 0 unspecified atom stereocenters. The molecule has 0 spiro atoms. The third kappa shape index (κ3) is 7.65. The van der Waals surface area contributed by atoms with E-state index in [0.29, 0.717) is 16.5 Å². The smallest absolute Gasteiger partial charge is 0.264 e. The van der Waals surface area contributed by atoms with Crippen molar-refractivity contribution in [1.82, 2.24) is 10.2 Å². The van der Waals surface area contributed by atoms with Gasteiger partial charge in [-0.3, -0.25) is 13.9 Å². The predicted octanol–water partition coefficient (Wildman–Crippen LogP) is 6.67. The van der Waals surface area contributed by atoms with Gasteiger partial charge in [-0.2, -0.15) is 0 Å². The van der Waals surface area contributed by atoms with Crippen molar-refractivity contribution in [3.8, 4) is 0 Å². The van der Waals surface area contributed by atoms with Gasteiger partial charge in [0.2, 0.25) is 11.8 Å². The fourth-order valence-corrected chi connectivity index (χ4v) is 6.88. The highest BCUT2D eigenvalue weighted by molar-refractivity contribution is 7.92. The van der Waals surface area contributed by atoms with Gasteiger partial charge in [-0.05, 0) is 80.6 Å². The highest BCUT2D eigenvalue weighted by Gasteiger charge is 2.34. The number of nitrogens with one attached hydrogen (secondary N) is 1. The van der Waals surface area contributed by atoms with E-state index in [9.17, 15) is 18.0 Å². The fraction of sp³-hybridized carbons (Fsp3) is 0.375. The second-order valence-electron chi connectivity index (χ2n) is 10.8. The zero-order valence-corrected chi connectivity index (χ0v) is 26.5. The topological polar surface area (TPSA) is 86.8 Å². The third-order valence-electron chi connectivity index (χ3n) is 7.68. The van der Waals surface area contributed by atoms with Crippen LogP contribution in [0.1, 0.15) is 55.7 Å². The first-order valence-corrected chi connectivity index (χ1v) is 16.4. The molecule has 3 aromatic rings. The number of carbonyl (C=O) groups excluding carboxylic acids is 2. The Balaban J connectivity index is 1.73. The number of amides is 2. The zero-order valence-electron chi connectivity index (χ0n) is 24.1. The largest absolute Gasteiger partial charge is 0.352 e. The van der Waals surface area contributed by atoms with E-state index >= 15 is 0 Å². The second-order valence-corrected chi connectivity index (χ2v) is 13.5. The summed E-state index contributed by atoms with van der Waals surface area (Å²) in [7, 11) is -4.17. The normalized spacial score (nSPS) is 14.4. The quantitative estimate of drug-likeness (QED) is 0.256. The molecule has 1 aliphatic rings. The molecule has 0 heterocycles. The van der Waals surface area contributed by atoms with Gasteiger partial charge in [0, 0.05) is 22.6 Å². The molecule has 10 heteroatoms. The van der Waals surface area contributed by atoms with E-state index in [-0.39, 0.29) is 29.1 Å². The van der Waals surface area contributed by atoms with Crippen molar-refractivity contribution in [3.63, 3.8) is 0 Å². The van der Waals surface area contributed by atoms with E-state index in [2.05, 4.69) is 5.32 Å². The van der Waals surface area contributed by atoms with Crippen LogP contribution < -0.4 is 9.62 Å². The van der Waals surface area contributed by atoms with E-state index in [1.54, 1.807) is 54.6 Å². The van der Waals surface area contributed by atoms with E-state index in [4.69, 9.17) is 23.2 Å². The summed E-state index contributed by atoms with van der Waals surface area (Å²) in [6.45, 7) is 5.13. The summed E-state index contributed by atoms with van der Waals surface area (Å²) in [6, 6.07) is 17.7. The number of hydrogen-bond acceptors (Lipinski definition) is 4. The van der Waals surface area contributed by atoms with Gasteiger partial charge in [0.25, 0.3) is 10.0 Å². The molecule has 3 aromatic carbocycles. The maximum atomic E-state index is 14.2. The van der Waals surface area contributed by atoms with Crippen molar-refractivity contribution in [2.24, 2.45) is 0 Å². The van der Waals surface area contributed by atoms with Crippen LogP contribution in [0, 0.1) is 13.8 Å². The molecule has 1 N–H and O–H groups in total. The van der Waals surface area contributed by atoms with Gasteiger partial charge < -0.3 is 10.2 Å². The van der Waals surface area contributed by atoms with Gasteiger partial charge in [0.15, 0.2) is 0 Å². The molecule has 42 heavy (non-hydrogen) atoms. The van der Waals surface area contributed by atoms with Crippen molar-refractivity contribution >= 4 is 50.7 Å². The number of nitrogens with zero attached hydrogens (tertiary/aromatic N) is 2. The highest BCUT2D eigenvalue weighted by Crippen LogP contribution is 2.29. The Labute approximate surface area is 258 Å². The average Bonchev–Trinajstić information content (AvgIpc) is 3.47. The van der Waals surface area contributed by atoms with Crippen LogP contribution in [0.4, 0.5) is 5.69 Å². The van der Waals surface area contributed by atoms with Gasteiger partial charge >= 0.3 is 0 Å². The maximum Gasteiger partial charge on any atom is 0.264 e. The lowest BCUT2D eigenvalue weighted by atomic mass is 10.1. The predicted molar refractivity (Wildman–Crippen MR) is 168 cm³/mol. The van der Waals surface area contributed by atoms with E-state index in [1.807, 2.05) is 20.8 Å². The first-order chi connectivity index (χ1) is 20.0. The summed E-state index contributed by atoms with van der Waals surface area (Å²) in [6.07, 6.45) is 4.28. The third-order valence-corrected chi connectivity index (χ3v) is 10.1. The molecule has 1 saturated carbocycles. The molecule has 1 atom stereocenters. The van der Waals surface area contributed by atoms with Crippen molar-refractivity contribution in [2.45, 2.75) is 76.4 Å². The minimum atomic E-state index is -4.17. The molecule has 0 radical (unpaired) electrons. The van der Waals surface area contributed by atoms with E-state index < -0.39 is 28.5 Å². The number of rotatable bonds is 11. The molecular weight excluding hydrogens is 593 g/mol. The van der Waals surface area contributed by atoms with Crippen LogP contribution in [-0.4, -0.2) is 43.8 Å². The van der Waals surface area contributed by atoms with Crippen molar-refractivity contribution in [3.05, 3.63) is 93.5 Å². The Kier molecular flexibility index (Phi) is 10.6. The average molecular weight is 631 g/mol. The number of halogens is 2. The van der Waals surface area contributed by atoms with Crippen LogP contribution in [0.2, 0.25) is 10.0 Å². The Morgan fingerprint density at radius 1 is 0.952 bits per heavy atom.